The SMILES string of the molecule is CCN(CCOC)S(=O)(=O)c1ccc(C)cc1C#CCO. The molecular formula is C15H21NO4S. The number of rotatable bonds is 6. The molecule has 0 atom stereocenters. The highest BCUT2D eigenvalue weighted by Crippen LogP contribution is 2.21. The van der Waals surface area contributed by atoms with E-state index in [2.05, 4.69) is 11.8 Å². The van der Waals surface area contributed by atoms with E-state index in [1.165, 1.54) is 11.4 Å². The van der Waals surface area contributed by atoms with E-state index in [-0.39, 0.29) is 18.0 Å². The first-order chi connectivity index (χ1) is 9.97. The van der Waals surface area contributed by atoms with Crippen LogP contribution in [0.4, 0.5) is 0 Å². The van der Waals surface area contributed by atoms with Crippen LogP contribution in [0, 0.1) is 18.8 Å². The third kappa shape index (κ3) is 4.55. The van der Waals surface area contributed by atoms with Crippen LogP contribution < -0.4 is 0 Å². The third-order valence-corrected chi connectivity index (χ3v) is 4.98. The van der Waals surface area contributed by atoms with E-state index in [9.17, 15) is 8.42 Å². The van der Waals surface area contributed by atoms with Gasteiger partial charge in [0.25, 0.3) is 0 Å². The molecule has 1 N–H and O–H groups in total. The van der Waals surface area contributed by atoms with Crippen molar-refractivity contribution >= 4 is 10.0 Å². The first-order valence-corrected chi connectivity index (χ1v) is 8.10. The molecule has 5 nitrogen and oxygen atoms in total. The lowest BCUT2D eigenvalue weighted by Crippen LogP contribution is -2.34. The summed E-state index contributed by atoms with van der Waals surface area (Å²) in [6.45, 7) is 4.30. The Morgan fingerprint density at radius 1 is 1.38 bits per heavy atom. The first-order valence-electron chi connectivity index (χ1n) is 6.66. The average Bonchev–Trinajstić information content (AvgIpc) is 2.45. The highest BCUT2D eigenvalue weighted by Gasteiger charge is 2.25. The zero-order valence-electron chi connectivity index (χ0n) is 12.6. The van der Waals surface area contributed by atoms with Crippen molar-refractivity contribution < 1.29 is 18.3 Å². The molecule has 0 saturated heterocycles. The lowest BCUT2D eigenvalue weighted by Gasteiger charge is -2.21. The Labute approximate surface area is 126 Å². The number of aryl methyl sites for hydroxylation is 1. The van der Waals surface area contributed by atoms with Crippen molar-refractivity contribution in [2.75, 3.05) is 33.4 Å². The van der Waals surface area contributed by atoms with Crippen LogP contribution in [0.1, 0.15) is 18.1 Å². The van der Waals surface area contributed by atoms with Crippen LogP contribution in [0.3, 0.4) is 0 Å². The minimum atomic E-state index is -3.63. The van der Waals surface area contributed by atoms with Crippen molar-refractivity contribution in [1.29, 1.82) is 0 Å². The fourth-order valence-electron chi connectivity index (χ4n) is 1.88. The van der Waals surface area contributed by atoms with Crippen LogP contribution in [0.25, 0.3) is 0 Å². The van der Waals surface area contributed by atoms with E-state index >= 15 is 0 Å². The predicted molar refractivity (Wildman–Crippen MR) is 81.5 cm³/mol. The molecule has 0 bridgehead atoms. The molecule has 1 aromatic rings. The summed E-state index contributed by atoms with van der Waals surface area (Å²) >= 11 is 0. The molecule has 1 aromatic carbocycles. The normalized spacial score (nSPS) is 11.3. The minimum Gasteiger partial charge on any atom is -0.384 e. The number of ether oxygens (including phenoxy) is 1. The Morgan fingerprint density at radius 2 is 2.10 bits per heavy atom. The maximum atomic E-state index is 12.7. The summed E-state index contributed by atoms with van der Waals surface area (Å²) in [7, 11) is -2.10. The topological polar surface area (TPSA) is 66.8 Å². The second kappa shape index (κ2) is 8.15. The Balaban J connectivity index is 3.29. The lowest BCUT2D eigenvalue weighted by atomic mass is 10.1. The fraction of sp³-hybridized carbons (Fsp3) is 0.467. The van der Waals surface area contributed by atoms with Gasteiger partial charge in [0, 0.05) is 25.8 Å². The molecule has 0 radical (unpaired) electrons. The smallest absolute Gasteiger partial charge is 0.244 e. The lowest BCUT2D eigenvalue weighted by molar-refractivity contribution is 0.180. The summed E-state index contributed by atoms with van der Waals surface area (Å²) in [6.07, 6.45) is 0. The standard InChI is InChI=1S/C15H21NO4S/c1-4-16(9-11-20-3)21(18,19)15-8-7-13(2)12-14(15)6-5-10-17/h7-8,12,17H,4,9-11H2,1-3H3. The van der Waals surface area contributed by atoms with Crippen molar-refractivity contribution in [3.05, 3.63) is 29.3 Å². The van der Waals surface area contributed by atoms with Crippen molar-refractivity contribution in [2.24, 2.45) is 0 Å². The molecule has 0 saturated carbocycles. The van der Waals surface area contributed by atoms with E-state index in [4.69, 9.17) is 9.84 Å². The van der Waals surface area contributed by atoms with Gasteiger partial charge in [0.05, 0.1) is 11.5 Å². The van der Waals surface area contributed by atoms with E-state index in [0.717, 1.165) is 5.56 Å². The van der Waals surface area contributed by atoms with Gasteiger partial charge in [-0.3, -0.25) is 0 Å². The van der Waals surface area contributed by atoms with Crippen molar-refractivity contribution in [3.8, 4) is 11.8 Å². The Kier molecular flexibility index (Phi) is 6.85. The van der Waals surface area contributed by atoms with E-state index in [0.29, 0.717) is 18.7 Å². The largest absolute Gasteiger partial charge is 0.384 e. The number of nitrogens with zero attached hydrogens (tertiary/aromatic N) is 1. The number of aliphatic hydroxyl groups is 1. The molecule has 0 aliphatic rings. The van der Waals surface area contributed by atoms with Crippen molar-refractivity contribution in [2.45, 2.75) is 18.7 Å². The molecule has 0 spiro atoms. The van der Waals surface area contributed by atoms with E-state index in [1.807, 2.05) is 6.92 Å². The van der Waals surface area contributed by atoms with Crippen molar-refractivity contribution in [3.63, 3.8) is 0 Å². The monoisotopic (exact) mass is 311 g/mol. The van der Waals surface area contributed by atoms with Crippen LogP contribution >= 0.6 is 0 Å². The third-order valence-electron chi connectivity index (χ3n) is 2.95. The number of methoxy groups -OCH3 is 1. The second-order valence-corrected chi connectivity index (χ2v) is 6.36. The maximum Gasteiger partial charge on any atom is 0.244 e. The van der Waals surface area contributed by atoms with Gasteiger partial charge in [0.2, 0.25) is 10.0 Å². The zero-order valence-corrected chi connectivity index (χ0v) is 13.4. The van der Waals surface area contributed by atoms with Crippen LogP contribution in [0.5, 0.6) is 0 Å². The van der Waals surface area contributed by atoms with Gasteiger partial charge >= 0.3 is 0 Å². The Bertz CT molecular complexity index is 629. The summed E-state index contributed by atoms with van der Waals surface area (Å²) in [6, 6.07) is 5.00. The molecular weight excluding hydrogens is 290 g/mol. The van der Waals surface area contributed by atoms with Crippen LogP contribution in [-0.4, -0.2) is 51.2 Å². The molecule has 0 aromatic heterocycles. The fourth-order valence-corrected chi connectivity index (χ4v) is 3.44. The highest BCUT2D eigenvalue weighted by atomic mass is 32.2. The number of aliphatic hydroxyl groups excluding tert-OH is 1. The van der Waals surface area contributed by atoms with Gasteiger partial charge in [-0.2, -0.15) is 4.31 Å². The molecule has 0 fully saturated rings. The molecule has 0 aliphatic heterocycles. The molecule has 6 heteroatoms. The first kappa shape index (κ1) is 17.7. The van der Waals surface area contributed by atoms with E-state index in [1.54, 1.807) is 25.1 Å². The maximum absolute atomic E-state index is 12.7. The van der Waals surface area contributed by atoms with Gasteiger partial charge in [-0.05, 0) is 24.6 Å². The van der Waals surface area contributed by atoms with E-state index < -0.39 is 10.0 Å². The second-order valence-electron chi connectivity index (χ2n) is 4.45. The van der Waals surface area contributed by atoms with Crippen LogP contribution in [-0.2, 0) is 14.8 Å². The van der Waals surface area contributed by atoms with Crippen LogP contribution in [0.15, 0.2) is 23.1 Å². The predicted octanol–water partition coefficient (Wildman–Crippen LogP) is 0.996. The number of hydrogen-bond acceptors (Lipinski definition) is 4. The molecule has 1 rings (SSSR count). The Hall–Kier alpha value is -1.39. The van der Waals surface area contributed by atoms with Crippen LogP contribution in [0.2, 0.25) is 0 Å². The van der Waals surface area contributed by atoms with Gasteiger partial charge in [-0.25, -0.2) is 8.42 Å². The molecule has 0 heterocycles. The molecule has 21 heavy (non-hydrogen) atoms. The van der Waals surface area contributed by atoms with Gasteiger partial charge < -0.3 is 9.84 Å². The summed E-state index contributed by atoms with van der Waals surface area (Å²) in [5.74, 6) is 5.21. The van der Waals surface area contributed by atoms with Gasteiger partial charge in [-0.1, -0.05) is 24.8 Å². The zero-order chi connectivity index (χ0) is 15.9. The molecule has 0 aliphatic carbocycles. The summed E-state index contributed by atoms with van der Waals surface area (Å²) in [5.41, 5.74) is 1.32. The molecule has 0 amide bonds. The quantitative estimate of drug-likeness (QED) is 0.796. The molecule has 0 unspecified atom stereocenters. The Morgan fingerprint density at radius 3 is 2.67 bits per heavy atom. The summed E-state index contributed by atoms with van der Waals surface area (Å²) < 4.78 is 31.7. The highest BCUT2D eigenvalue weighted by molar-refractivity contribution is 7.89. The van der Waals surface area contributed by atoms with Crippen molar-refractivity contribution in [1.82, 2.24) is 4.31 Å². The number of sulfonamides is 1. The summed E-state index contributed by atoms with van der Waals surface area (Å²) in [5, 5.41) is 8.81. The number of benzene rings is 1. The molecule has 116 valence electrons. The van der Waals surface area contributed by atoms with Gasteiger partial charge in [-0.15, -0.1) is 0 Å². The number of likely N-dealkylation sites (N-methyl/N-ethyl adjacent to an activating group) is 1. The van der Waals surface area contributed by atoms with Gasteiger partial charge in [0.1, 0.15) is 6.61 Å². The van der Waals surface area contributed by atoms with Gasteiger partial charge in [0.15, 0.2) is 0 Å². The average molecular weight is 311 g/mol. The number of hydrogen-bond donors (Lipinski definition) is 1. The minimum absolute atomic E-state index is 0.159. The summed E-state index contributed by atoms with van der Waals surface area (Å²) in [4.78, 5) is 0.159.